The molecule has 0 radical (unpaired) electrons. The van der Waals surface area contributed by atoms with E-state index in [9.17, 15) is 13.2 Å². The van der Waals surface area contributed by atoms with Crippen molar-refractivity contribution in [3.63, 3.8) is 0 Å². The van der Waals surface area contributed by atoms with Crippen LogP contribution in [-0.2, 0) is 26.2 Å². The lowest BCUT2D eigenvalue weighted by molar-refractivity contribution is -0.144. The maximum Gasteiger partial charge on any atom is 0.307 e. The number of hydrogen-bond acceptors (Lipinski definition) is 5. The van der Waals surface area contributed by atoms with Crippen molar-refractivity contribution < 1.29 is 17.9 Å². The van der Waals surface area contributed by atoms with E-state index in [0.29, 0.717) is 11.3 Å². The van der Waals surface area contributed by atoms with Crippen molar-refractivity contribution in [3.8, 4) is 0 Å². The van der Waals surface area contributed by atoms with Crippen molar-refractivity contribution in [1.29, 1.82) is 0 Å². The number of ether oxygens (including phenoxy) is 1. The number of nitrogens with one attached hydrogen (secondary N) is 1. The number of hydrogen-bond donors (Lipinski definition) is 1. The van der Waals surface area contributed by atoms with Crippen LogP contribution >= 0.6 is 0 Å². The van der Waals surface area contributed by atoms with Crippen LogP contribution in [-0.4, -0.2) is 30.3 Å². The number of carbonyl (C=O) groups is 1. The molecule has 8 heteroatoms. The first-order valence-corrected chi connectivity index (χ1v) is 9.98. The number of aryl methyl sites for hydroxylation is 2. The molecular weight excluding hydrogens is 366 g/mol. The van der Waals surface area contributed by atoms with Gasteiger partial charge in [-0.1, -0.05) is 23.8 Å². The number of pyridine rings is 1. The molecule has 0 unspecified atom stereocenters. The Balaban J connectivity index is 1.50. The number of imidazole rings is 1. The van der Waals surface area contributed by atoms with Crippen LogP contribution in [0.3, 0.4) is 0 Å². The number of benzene rings is 1. The lowest BCUT2D eigenvalue weighted by Gasteiger charge is -2.09. The average Bonchev–Trinajstić information content (AvgIpc) is 3.02. The predicted octanol–water partition coefficient (Wildman–Crippen LogP) is 2.36. The van der Waals surface area contributed by atoms with Gasteiger partial charge in [-0.05, 0) is 37.6 Å². The Labute approximate surface area is 158 Å². The van der Waals surface area contributed by atoms with E-state index in [4.69, 9.17) is 4.74 Å². The minimum Gasteiger partial charge on any atom is -0.459 e. The van der Waals surface area contributed by atoms with Gasteiger partial charge in [0.05, 0.1) is 17.0 Å². The van der Waals surface area contributed by atoms with Crippen LogP contribution in [0, 0.1) is 13.8 Å². The third-order valence-corrected chi connectivity index (χ3v) is 5.66. The molecule has 7 nitrogen and oxygen atoms in total. The molecule has 3 aromatic rings. The molecule has 0 atom stereocenters. The summed E-state index contributed by atoms with van der Waals surface area (Å²) in [6.45, 7) is 3.66. The van der Waals surface area contributed by atoms with Gasteiger partial charge in [0.25, 0.3) is 0 Å². The summed E-state index contributed by atoms with van der Waals surface area (Å²) < 4.78 is 34.1. The van der Waals surface area contributed by atoms with Gasteiger partial charge in [-0.3, -0.25) is 4.79 Å². The SMILES string of the molecule is Cc1ccc(S(=O)(=O)NCCC(=O)OCc2cn3ccccc3n2)c(C)c1. The van der Waals surface area contributed by atoms with E-state index in [-0.39, 0.29) is 24.5 Å². The van der Waals surface area contributed by atoms with E-state index < -0.39 is 16.0 Å². The standard InChI is InChI=1S/C19H21N3O4S/c1-14-6-7-17(15(2)11-14)27(24,25)20-9-8-19(23)26-13-16-12-22-10-4-3-5-18(22)21-16/h3-7,10-12,20H,8-9,13H2,1-2H3. The molecule has 0 aliphatic rings. The van der Waals surface area contributed by atoms with Crippen molar-refractivity contribution in [1.82, 2.24) is 14.1 Å². The van der Waals surface area contributed by atoms with Crippen molar-refractivity contribution in [3.05, 3.63) is 65.6 Å². The molecular formula is C19H21N3O4S. The Morgan fingerprint density at radius 2 is 2.04 bits per heavy atom. The Morgan fingerprint density at radius 3 is 2.78 bits per heavy atom. The first-order valence-electron chi connectivity index (χ1n) is 8.50. The van der Waals surface area contributed by atoms with Crippen molar-refractivity contribution in [2.45, 2.75) is 31.8 Å². The Bertz CT molecular complexity index is 1040. The Kier molecular flexibility index (Phi) is 5.57. The van der Waals surface area contributed by atoms with Gasteiger partial charge in [0.1, 0.15) is 12.3 Å². The zero-order chi connectivity index (χ0) is 19.4. The minimum atomic E-state index is -3.66. The van der Waals surface area contributed by atoms with Crippen LogP contribution in [0.2, 0.25) is 0 Å². The molecule has 0 amide bonds. The fraction of sp³-hybridized carbons (Fsp3) is 0.263. The molecule has 0 saturated heterocycles. The van der Waals surface area contributed by atoms with Gasteiger partial charge >= 0.3 is 5.97 Å². The monoisotopic (exact) mass is 387 g/mol. The maximum atomic E-state index is 12.3. The van der Waals surface area contributed by atoms with E-state index in [0.717, 1.165) is 11.2 Å². The van der Waals surface area contributed by atoms with Crippen LogP contribution < -0.4 is 4.72 Å². The molecule has 0 fully saturated rings. The molecule has 142 valence electrons. The second-order valence-corrected chi connectivity index (χ2v) is 8.01. The molecule has 3 rings (SSSR count). The van der Waals surface area contributed by atoms with Crippen LogP contribution in [0.25, 0.3) is 5.65 Å². The Hall–Kier alpha value is -2.71. The number of sulfonamides is 1. The highest BCUT2D eigenvalue weighted by atomic mass is 32.2. The summed E-state index contributed by atoms with van der Waals surface area (Å²) >= 11 is 0. The quantitative estimate of drug-likeness (QED) is 0.629. The topological polar surface area (TPSA) is 89.8 Å². The number of fused-ring (bicyclic) bond motifs is 1. The molecule has 0 bridgehead atoms. The lowest BCUT2D eigenvalue weighted by atomic mass is 10.2. The van der Waals surface area contributed by atoms with E-state index in [1.807, 2.05) is 35.7 Å². The third-order valence-electron chi connectivity index (χ3n) is 4.04. The number of aromatic nitrogens is 2. The summed E-state index contributed by atoms with van der Waals surface area (Å²) in [7, 11) is -3.66. The van der Waals surface area contributed by atoms with Crippen molar-refractivity contribution in [2.75, 3.05) is 6.54 Å². The first-order chi connectivity index (χ1) is 12.8. The fourth-order valence-electron chi connectivity index (χ4n) is 2.75. The number of nitrogens with zero attached hydrogens (tertiary/aromatic N) is 2. The minimum absolute atomic E-state index is 0.0281. The first kappa shape index (κ1) is 19.1. The zero-order valence-corrected chi connectivity index (χ0v) is 16.0. The predicted molar refractivity (Wildman–Crippen MR) is 101 cm³/mol. The maximum absolute atomic E-state index is 12.3. The molecule has 2 heterocycles. The van der Waals surface area contributed by atoms with Crippen LogP contribution in [0.4, 0.5) is 0 Å². The number of carbonyl (C=O) groups excluding carboxylic acids is 1. The highest BCUT2D eigenvalue weighted by Gasteiger charge is 2.17. The molecule has 0 aliphatic heterocycles. The lowest BCUT2D eigenvalue weighted by Crippen LogP contribution is -2.27. The largest absolute Gasteiger partial charge is 0.459 e. The van der Waals surface area contributed by atoms with Crippen LogP contribution in [0.5, 0.6) is 0 Å². The van der Waals surface area contributed by atoms with Gasteiger partial charge < -0.3 is 9.14 Å². The van der Waals surface area contributed by atoms with Gasteiger partial charge in [-0.2, -0.15) is 0 Å². The summed E-state index contributed by atoms with van der Waals surface area (Å²) in [6.07, 6.45) is 3.58. The molecule has 27 heavy (non-hydrogen) atoms. The van der Waals surface area contributed by atoms with Gasteiger partial charge in [-0.25, -0.2) is 18.1 Å². The second-order valence-electron chi connectivity index (χ2n) is 6.28. The average molecular weight is 387 g/mol. The second kappa shape index (κ2) is 7.89. The highest BCUT2D eigenvalue weighted by molar-refractivity contribution is 7.89. The van der Waals surface area contributed by atoms with E-state index in [1.54, 1.807) is 31.3 Å². The van der Waals surface area contributed by atoms with Gasteiger partial charge in [0.15, 0.2) is 0 Å². The molecule has 1 aromatic carbocycles. The smallest absolute Gasteiger partial charge is 0.307 e. The fourth-order valence-corrected chi connectivity index (χ4v) is 4.01. The van der Waals surface area contributed by atoms with E-state index in [1.165, 1.54) is 0 Å². The Morgan fingerprint density at radius 1 is 1.22 bits per heavy atom. The number of rotatable bonds is 7. The molecule has 0 saturated carbocycles. The molecule has 0 aliphatic carbocycles. The highest BCUT2D eigenvalue weighted by Crippen LogP contribution is 2.16. The van der Waals surface area contributed by atoms with Crippen LogP contribution in [0.1, 0.15) is 23.2 Å². The van der Waals surface area contributed by atoms with E-state index in [2.05, 4.69) is 9.71 Å². The summed E-state index contributed by atoms with van der Waals surface area (Å²) in [5.74, 6) is -0.490. The number of esters is 1. The summed E-state index contributed by atoms with van der Waals surface area (Å²) in [5, 5.41) is 0. The van der Waals surface area contributed by atoms with Gasteiger partial charge in [0, 0.05) is 18.9 Å². The van der Waals surface area contributed by atoms with Crippen molar-refractivity contribution >= 4 is 21.6 Å². The third kappa shape index (κ3) is 4.72. The van der Waals surface area contributed by atoms with Gasteiger partial charge in [0.2, 0.25) is 10.0 Å². The molecule has 0 spiro atoms. The van der Waals surface area contributed by atoms with Crippen LogP contribution in [0.15, 0.2) is 53.7 Å². The summed E-state index contributed by atoms with van der Waals surface area (Å²) in [5.41, 5.74) is 3.05. The molecule has 2 aromatic heterocycles. The normalized spacial score (nSPS) is 11.6. The van der Waals surface area contributed by atoms with Crippen molar-refractivity contribution in [2.24, 2.45) is 0 Å². The zero-order valence-electron chi connectivity index (χ0n) is 15.2. The summed E-state index contributed by atoms with van der Waals surface area (Å²) in [4.78, 5) is 16.4. The summed E-state index contributed by atoms with van der Waals surface area (Å²) in [6, 6.07) is 10.7. The molecule has 1 N–H and O–H groups in total. The van der Waals surface area contributed by atoms with E-state index >= 15 is 0 Å². The van der Waals surface area contributed by atoms with Gasteiger partial charge in [-0.15, -0.1) is 0 Å².